The number of imidazole rings is 1. The standard InChI is InChI=1S/C23H35N5O.HI/c1-3-25-23(26-12-7-16-29-17-11-21-8-5-4-6-9-21)27-14-10-20(2)22(18-27)28-15-13-24-19-28;/h4-6,8-9,13,15,19-20,22H,3,7,10-12,14,16-18H2,1-2H3,(H,25,26);1H. The summed E-state index contributed by atoms with van der Waals surface area (Å²) in [5.74, 6) is 1.66. The number of aliphatic imine (C=N–C) groups is 1. The minimum Gasteiger partial charge on any atom is -0.381 e. The maximum absolute atomic E-state index is 5.79. The summed E-state index contributed by atoms with van der Waals surface area (Å²) in [5.41, 5.74) is 1.33. The molecule has 1 aromatic heterocycles. The maximum atomic E-state index is 5.79. The van der Waals surface area contributed by atoms with Gasteiger partial charge in [-0.2, -0.15) is 0 Å². The molecule has 2 heterocycles. The molecule has 0 aliphatic carbocycles. The fraction of sp³-hybridized carbons (Fsp3) is 0.565. The number of aromatic nitrogens is 2. The van der Waals surface area contributed by atoms with E-state index < -0.39 is 0 Å². The maximum Gasteiger partial charge on any atom is 0.193 e. The molecule has 0 bridgehead atoms. The topological polar surface area (TPSA) is 54.7 Å². The van der Waals surface area contributed by atoms with Crippen LogP contribution in [0.25, 0.3) is 0 Å². The van der Waals surface area contributed by atoms with Crippen molar-refractivity contribution in [3.8, 4) is 0 Å². The molecular weight excluding hydrogens is 489 g/mol. The average molecular weight is 525 g/mol. The van der Waals surface area contributed by atoms with Crippen LogP contribution in [0.2, 0.25) is 0 Å². The average Bonchev–Trinajstić information content (AvgIpc) is 3.28. The molecule has 0 saturated carbocycles. The first-order valence-corrected chi connectivity index (χ1v) is 10.9. The quantitative estimate of drug-likeness (QED) is 0.233. The number of hydrogen-bond acceptors (Lipinski definition) is 3. The van der Waals surface area contributed by atoms with Crippen molar-refractivity contribution in [3.05, 3.63) is 54.6 Å². The number of benzene rings is 1. The van der Waals surface area contributed by atoms with Crippen LogP contribution in [0.5, 0.6) is 0 Å². The van der Waals surface area contributed by atoms with Crippen molar-refractivity contribution < 1.29 is 4.74 Å². The Labute approximate surface area is 198 Å². The van der Waals surface area contributed by atoms with E-state index >= 15 is 0 Å². The molecule has 2 aromatic rings. The van der Waals surface area contributed by atoms with Crippen molar-refractivity contribution in [2.75, 3.05) is 39.4 Å². The third-order valence-corrected chi connectivity index (χ3v) is 5.55. The van der Waals surface area contributed by atoms with Gasteiger partial charge in [-0.3, -0.25) is 4.99 Å². The lowest BCUT2D eigenvalue weighted by molar-refractivity contribution is 0.136. The van der Waals surface area contributed by atoms with E-state index in [0.717, 1.165) is 64.6 Å². The molecule has 30 heavy (non-hydrogen) atoms. The minimum atomic E-state index is 0. The van der Waals surface area contributed by atoms with Crippen molar-refractivity contribution in [3.63, 3.8) is 0 Å². The zero-order valence-electron chi connectivity index (χ0n) is 18.2. The molecule has 0 radical (unpaired) electrons. The van der Waals surface area contributed by atoms with Gasteiger partial charge in [-0.25, -0.2) is 4.98 Å². The first-order chi connectivity index (χ1) is 14.3. The Kier molecular flexibility index (Phi) is 11.2. The van der Waals surface area contributed by atoms with Crippen LogP contribution < -0.4 is 5.32 Å². The Morgan fingerprint density at radius 1 is 1.27 bits per heavy atom. The lowest BCUT2D eigenvalue weighted by atomic mass is 9.93. The first kappa shape index (κ1) is 24.7. The Balaban J connectivity index is 0.00000320. The smallest absolute Gasteiger partial charge is 0.193 e. The van der Waals surface area contributed by atoms with Crippen LogP contribution in [-0.4, -0.2) is 59.8 Å². The third kappa shape index (κ3) is 7.58. The molecule has 1 aliphatic heterocycles. The third-order valence-electron chi connectivity index (χ3n) is 5.55. The predicted octanol–water partition coefficient (Wildman–Crippen LogP) is 4.00. The van der Waals surface area contributed by atoms with Crippen LogP contribution in [0, 0.1) is 5.92 Å². The van der Waals surface area contributed by atoms with Crippen LogP contribution in [0.3, 0.4) is 0 Å². The lowest BCUT2D eigenvalue weighted by Gasteiger charge is -2.39. The van der Waals surface area contributed by atoms with Crippen LogP contribution in [-0.2, 0) is 11.2 Å². The van der Waals surface area contributed by atoms with Gasteiger partial charge < -0.3 is 19.5 Å². The number of likely N-dealkylation sites (tertiary alicyclic amines) is 1. The molecule has 2 atom stereocenters. The van der Waals surface area contributed by atoms with E-state index in [4.69, 9.17) is 9.73 Å². The van der Waals surface area contributed by atoms with E-state index in [1.54, 1.807) is 0 Å². The monoisotopic (exact) mass is 525 g/mol. The molecule has 1 fully saturated rings. The highest BCUT2D eigenvalue weighted by atomic mass is 127. The molecule has 1 N–H and O–H groups in total. The van der Waals surface area contributed by atoms with Gasteiger partial charge >= 0.3 is 0 Å². The molecule has 1 aromatic carbocycles. The number of ether oxygens (including phenoxy) is 1. The summed E-state index contributed by atoms with van der Waals surface area (Å²) in [6.07, 6.45) is 8.94. The highest BCUT2D eigenvalue weighted by Gasteiger charge is 2.28. The van der Waals surface area contributed by atoms with Crippen molar-refractivity contribution in [1.29, 1.82) is 0 Å². The van der Waals surface area contributed by atoms with E-state index in [1.807, 2.05) is 18.6 Å². The second-order valence-electron chi connectivity index (χ2n) is 7.73. The van der Waals surface area contributed by atoms with E-state index in [-0.39, 0.29) is 24.0 Å². The molecule has 0 amide bonds. The van der Waals surface area contributed by atoms with Gasteiger partial charge in [0, 0.05) is 45.2 Å². The SMILES string of the molecule is CCNC(=NCCCOCCc1ccccc1)N1CCC(C)C(n2ccnc2)C1.I. The number of rotatable bonds is 9. The molecule has 166 valence electrons. The number of piperidine rings is 1. The van der Waals surface area contributed by atoms with E-state index in [1.165, 1.54) is 5.56 Å². The Hall–Kier alpha value is -1.61. The van der Waals surface area contributed by atoms with Gasteiger partial charge in [0.25, 0.3) is 0 Å². The van der Waals surface area contributed by atoms with Crippen molar-refractivity contribution in [2.45, 2.75) is 39.2 Å². The second kappa shape index (κ2) is 13.6. The summed E-state index contributed by atoms with van der Waals surface area (Å²) in [4.78, 5) is 11.5. The highest BCUT2D eigenvalue weighted by molar-refractivity contribution is 14.0. The van der Waals surface area contributed by atoms with Crippen molar-refractivity contribution in [2.24, 2.45) is 10.9 Å². The number of nitrogens with one attached hydrogen (secondary N) is 1. The van der Waals surface area contributed by atoms with Crippen LogP contribution >= 0.6 is 24.0 Å². The second-order valence-corrected chi connectivity index (χ2v) is 7.73. The zero-order valence-corrected chi connectivity index (χ0v) is 20.6. The van der Waals surface area contributed by atoms with Gasteiger partial charge in [0.15, 0.2) is 5.96 Å². The van der Waals surface area contributed by atoms with Crippen LogP contribution in [0.4, 0.5) is 0 Å². The first-order valence-electron chi connectivity index (χ1n) is 10.9. The largest absolute Gasteiger partial charge is 0.381 e. The van der Waals surface area contributed by atoms with Crippen molar-refractivity contribution in [1.82, 2.24) is 19.8 Å². The van der Waals surface area contributed by atoms with Gasteiger partial charge in [-0.05, 0) is 37.7 Å². The molecular formula is C23H36IN5O. The number of nitrogens with zero attached hydrogens (tertiary/aromatic N) is 4. The number of halogens is 1. The van der Waals surface area contributed by atoms with Crippen LogP contribution in [0.1, 0.15) is 38.3 Å². The van der Waals surface area contributed by atoms with E-state index in [9.17, 15) is 0 Å². The normalized spacial score (nSPS) is 19.4. The highest BCUT2D eigenvalue weighted by Crippen LogP contribution is 2.27. The Morgan fingerprint density at radius 3 is 2.83 bits per heavy atom. The molecule has 2 unspecified atom stereocenters. The lowest BCUT2D eigenvalue weighted by Crippen LogP contribution is -2.49. The summed E-state index contributed by atoms with van der Waals surface area (Å²) < 4.78 is 8.03. The summed E-state index contributed by atoms with van der Waals surface area (Å²) in [7, 11) is 0. The molecule has 7 heteroatoms. The molecule has 1 saturated heterocycles. The summed E-state index contributed by atoms with van der Waals surface area (Å²) in [6, 6.07) is 10.9. The van der Waals surface area contributed by atoms with Gasteiger partial charge in [0.2, 0.25) is 0 Å². The summed E-state index contributed by atoms with van der Waals surface area (Å²) >= 11 is 0. The number of guanidine groups is 1. The van der Waals surface area contributed by atoms with Gasteiger partial charge in [0.05, 0.1) is 19.0 Å². The Morgan fingerprint density at radius 2 is 2.10 bits per heavy atom. The molecule has 3 rings (SSSR count). The molecule has 1 aliphatic rings. The predicted molar refractivity (Wildman–Crippen MR) is 134 cm³/mol. The zero-order chi connectivity index (χ0) is 20.3. The fourth-order valence-electron chi connectivity index (χ4n) is 3.81. The Bertz CT molecular complexity index is 722. The van der Waals surface area contributed by atoms with Crippen LogP contribution in [0.15, 0.2) is 54.0 Å². The molecule has 6 nitrogen and oxygen atoms in total. The van der Waals surface area contributed by atoms with Crippen molar-refractivity contribution >= 4 is 29.9 Å². The number of hydrogen-bond donors (Lipinski definition) is 1. The van der Waals surface area contributed by atoms with Gasteiger partial charge in [-0.15, -0.1) is 24.0 Å². The fourth-order valence-corrected chi connectivity index (χ4v) is 3.81. The molecule has 0 spiro atoms. The van der Waals surface area contributed by atoms with E-state index in [0.29, 0.717) is 12.0 Å². The van der Waals surface area contributed by atoms with Gasteiger partial charge in [-0.1, -0.05) is 37.3 Å². The summed E-state index contributed by atoms with van der Waals surface area (Å²) in [5, 5.41) is 3.47. The van der Waals surface area contributed by atoms with E-state index in [2.05, 4.69) is 64.1 Å². The van der Waals surface area contributed by atoms with Gasteiger partial charge in [0.1, 0.15) is 0 Å². The minimum absolute atomic E-state index is 0. The summed E-state index contributed by atoms with van der Waals surface area (Å²) in [6.45, 7) is 9.67.